The average Bonchev–Trinajstić information content (AvgIpc) is 2.62. The molecule has 0 fully saturated rings. The van der Waals surface area contributed by atoms with Crippen LogP contribution in [0.2, 0.25) is 0 Å². The van der Waals surface area contributed by atoms with Crippen molar-refractivity contribution in [3.05, 3.63) is 59.2 Å². The van der Waals surface area contributed by atoms with Gasteiger partial charge < -0.3 is 19.3 Å². The molecule has 1 N–H and O–H groups in total. The molecule has 2 aromatic carbocycles. The van der Waals surface area contributed by atoms with Gasteiger partial charge in [-0.25, -0.2) is 4.79 Å². The van der Waals surface area contributed by atoms with Crippen molar-refractivity contribution in [3.8, 4) is 17.6 Å². The molecule has 6 heteroatoms. The second-order valence-electron chi connectivity index (χ2n) is 5.79. The second-order valence-corrected chi connectivity index (χ2v) is 5.79. The number of carbonyl (C=O) groups is 1. The minimum Gasteiger partial charge on any atom is -0.493 e. The van der Waals surface area contributed by atoms with Crippen LogP contribution in [0.15, 0.2) is 42.5 Å². The summed E-state index contributed by atoms with van der Waals surface area (Å²) < 4.78 is 16.4. The Morgan fingerprint density at radius 2 is 1.88 bits per heavy atom. The summed E-state index contributed by atoms with van der Waals surface area (Å²) in [5.74, 6) is -0.201. The smallest absolute Gasteiger partial charge is 0.335 e. The van der Waals surface area contributed by atoms with Crippen molar-refractivity contribution < 1.29 is 24.1 Å². The summed E-state index contributed by atoms with van der Waals surface area (Å²) in [7, 11) is 1.57. The Morgan fingerprint density at radius 3 is 2.50 bits per heavy atom. The molecule has 0 aliphatic rings. The third-order valence-corrected chi connectivity index (χ3v) is 3.61. The van der Waals surface area contributed by atoms with Crippen molar-refractivity contribution in [2.75, 3.05) is 20.3 Å². The van der Waals surface area contributed by atoms with Gasteiger partial charge in [0.2, 0.25) is 0 Å². The fourth-order valence-electron chi connectivity index (χ4n) is 2.38. The van der Waals surface area contributed by atoms with E-state index in [0.717, 1.165) is 5.56 Å². The van der Waals surface area contributed by atoms with Gasteiger partial charge in [0.25, 0.3) is 0 Å². The van der Waals surface area contributed by atoms with Crippen molar-refractivity contribution in [3.63, 3.8) is 0 Å². The van der Waals surface area contributed by atoms with Crippen LogP contribution in [0.25, 0.3) is 0 Å². The molecule has 0 saturated carbocycles. The van der Waals surface area contributed by atoms with Crippen molar-refractivity contribution in [2.24, 2.45) is 0 Å². The molecule has 1 atom stereocenters. The van der Waals surface area contributed by atoms with Crippen molar-refractivity contribution >= 4 is 5.97 Å². The number of nitrogens with zero attached hydrogens (tertiary/aromatic N) is 1. The number of aromatic carboxylic acids is 1. The average molecular weight is 355 g/mol. The summed E-state index contributed by atoms with van der Waals surface area (Å²) in [6.45, 7) is 2.61. The molecule has 0 aromatic heterocycles. The first-order valence-corrected chi connectivity index (χ1v) is 8.17. The van der Waals surface area contributed by atoms with E-state index < -0.39 is 5.97 Å². The predicted octanol–water partition coefficient (Wildman–Crippen LogP) is 3.29. The molecule has 0 saturated heterocycles. The number of benzene rings is 2. The van der Waals surface area contributed by atoms with Crippen molar-refractivity contribution in [2.45, 2.75) is 19.4 Å². The Hall–Kier alpha value is -3.04. The van der Waals surface area contributed by atoms with Gasteiger partial charge in [-0.15, -0.1) is 0 Å². The minimum atomic E-state index is -1.05. The summed E-state index contributed by atoms with van der Waals surface area (Å²) in [5, 5.41) is 18.1. The highest BCUT2D eigenvalue weighted by molar-refractivity contribution is 5.88. The molecule has 0 spiro atoms. The van der Waals surface area contributed by atoms with E-state index in [-0.39, 0.29) is 11.7 Å². The lowest BCUT2D eigenvalue weighted by Crippen LogP contribution is -2.18. The van der Waals surface area contributed by atoms with Crippen LogP contribution in [0.4, 0.5) is 0 Å². The summed E-state index contributed by atoms with van der Waals surface area (Å²) >= 11 is 0. The van der Waals surface area contributed by atoms with Crippen LogP contribution in [-0.2, 0) is 11.2 Å². The lowest BCUT2D eigenvalue weighted by atomic mass is 10.1. The zero-order valence-corrected chi connectivity index (χ0v) is 14.8. The molecule has 26 heavy (non-hydrogen) atoms. The third-order valence-electron chi connectivity index (χ3n) is 3.61. The van der Waals surface area contributed by atoms with Crippen molar-refractivity contribution in [1.82, 2.24) is 0 Å². The van der Waals surface area contributed by atoms with Gasteiger partial charge >= 0.3 is 5.97 Å². The van der Waals surface area contributed by atoms with Crippen LogP contribution in [0.1, 0.15) is 28.4 Å². The topological polar surface area (TPSA) is 88.8 Å². The van der Waals surface area contributed by atoms with Crippen molar-refractivity contribution in [1.29, 1.82) is 5.26 Å². The van der Waals surface area contributed by atoms with E-state index in [1.807, 2.05) is 19.1 Å². The highest BCUT2D eigenvalue weighted by Gasteiger charge is 2.11. The number of hydrogen-bond donors (Lipinski definition) is 1. The molecular weight excluding hydrogens is 334 g/mol. The number of rotatable bonds is 9. The molecule has 0 unspecified atom stereocenters. The van der Waals surface area contributed by atoms with Gasteiger partial charge in [0.1, 0.15) is 17.6 Å². The number of methoxy groups -OCH3 is 1. The Bertz CT molecular complexity index is 780. The van der Waals surface area contributed by atoms with Crippen LogP contribution >= 0.6 is 0 Å². The Kier molecular flexibility index (Phi) is 7.01. The molecule has 0 heterocycles. The fraction of sp³-hybridized carbons (Fsp3) is 0.300. The molecule has 0 bridgehead atoms. The SMILES string of the molecule is COC[C@H](C)Oc1cc(OCCc2ccc(C#N)cc2)cc(C(=O)O)c1. The maximum atomic E-state index is 11.3. The molecule has 0 radical (unpaired) electrons. The molecule has 2 rings (SSSR count). The van der Waals surface area contributed by atoms with Gasteiger partial charge in [-0.1, -0.05) is 12.1 Å². The summed E-state index contributed by atoms with van der Waals surface area (Å²) in [6, 6.07) is 13.9. The van der Waals surface area contributed by atoms with Crippen LogP contribution in [0, 0.1) is 11.3 Å². The lowest BCUT2D eigenvalue weighted by molar-refractivity contribution is 0.0693. The van der Waals surface area contributed by atoms with Gasteiger partial charge in [0.15, 0.2) is 0 Å². The standard InChI is InChI=1S/C20H21NO5/c1-14(13-24-2)26-19-10-17(20(22)23)9-18(11-19)25-8-7-15-3-5-16(12-21)6-4-15/h3-6,9-11,14H,7-8,13H2,1-2H3,(H,22,23)/t14-/m0/s1. The van der Waals surface area contributed by atoms with Crippen LogP contribution in [-0.4, -0.2) is 37.5 Å². The number of hydrogen-bond acceptors (Lipinski definition) is 5. The first-order valence-electron chi connectivity index (χ1n) is 8.17. The first-order chi connectivity index (χ1) is 12.5. The summed E-state index contributed by atoms with van der Waals surface area (Å²) in [4.78, 5) is 11.3. The van der Waals surface area contributed by atoms with Gasteiger partial charge in [0.05, 0.1) is 30.4 Å². The first kappa shape index (κ1) is 19.3. The molecule has 0 aliphatic carbocycles. The monoisotopic (exact) mass is 355 g/mol. The summed E-state index contributed by atoms with van der Waals surface area (Å²) in [5.41, 5.74) is 1.74. The van der Waals surface area contributed by atoms with E-state index in [1.54, 1.807) is 25.3 Å². The minimum absolute atomic E-state index is 0.0977. The van der Waals surface area contributed by atoms with E-state index in [2.05, 4.69) is 6.07 Å². The Balaban J connectivity index is 2.03. The number of ether oxygens (including phenoxy) is 3. The van der Waals surface area contributed by atoms with E-state index in [1.165, 1.54) is 12.1 Å². The van der Waals surface area contributed by atoms with E-state index in [9.17, 15) is 9.90 Å². The number of carboxylic acids is 1. The van der Waals surface area contributed by atoms with Crippen LogP contribution in [0.5, 0.6) is 11.5 Å². The van der Waals surface area contributed by atoms with Gasteiger partial charge in [-0.05, 0) is 36.8 Å². The van der Waals surface area contributed by atoms with Crippen LogP contribution < -0.4 is 9.47 Å². The van der Waals surface area contributed by atoms with Gasteiger partial charge in [-0.2, -0.15) is 5.26 Å². The molecule has 0 aliphatic heterocycles. The third kappa shape index (κ3) is 5.80. The molecular formula is C20H21NO5. The fourth-order valence-corrected chi connectivity index (χ4v) is 2.38. The van der Waals surface area contributed by atoms with E-state index >= 15 is 0 Å². The normalized spacial score (nSPS) is 11.4. The quantitative estimate of drug-likeness (QED) is 0.742. The Morgan fingerprint density at radius 1 is 1.19 bits per heavy atom. The zero-order chi connectivity index (χ0) is 18.9. The highest BCUT2D eigenvalue weighted by Crippen LogP contribution is 2.24. The lowest BCUT2D eigenvalue weighted by Gasteiger charge is -2.15. The van der Waals surface area contributed by atoms with Gasteiger partial charge in [-0.3, -0.25) is 0 Å². The van der Waals surface area contributed by atoms with E-state index in [4.69, 9.17) is 19.5 Å². The maximum absolute atomic E-state index is 11.3. The molecule has 2 aromatic rings. The van der Waals surface area contributed by atoms with E-state index in [0.29, 0.717) is 36.7 Å². The highest BCUT2D eigenvalue weighted by atomic mass is 16.5. The van der Waals surface area contributed by atoms with Gasteiger partial charge in [0, 0.05) is 19.6 Å². The second kappa shape index (κ2) is 9.44. The molecule has 0 amide bonds. The molecule has 136 valence electrons. The number of nitriles is 1. The number of carboxylic acid groups (broad SMARTS) is 1. The predicted molar refractivity (Wildman–Crippen MR) is 95.7 cm³/mol. The Labute approximate surface area is 152 Å². The largest absolute Gasteiger partial charge is 0.493 e. The maximum Gasteiger partial charge on any atom is 0.335 e. The van der Waals surface area contributed by atoms with Crippen LogP contribution in [0.3, 0.4) is 0 Å². The summed E-state index contributed by atoms with van der Waals surface area (Å²) in [6.07, 6.45) is 0.426. The molecule has 6 nitrogen and oxygen atoms in total. The zero-order valence-electron chi connectivity index (χ0n) is 14.8.